The number of sulfonamides is 1. The molecule has 19 heavy (non-hydrogen) atoms. The molecular weight excluding hydrogens is 264 g/mol. The molecule has 1 aromatic carbocycles. The minimum atomic E-state index is -3.51. The van der Waals surface area contributed by atoms with Crippen LogP contribution in [-0.2, 0) is 10.0 Å². The molecule has 0 heterocycles. The molecule has 0 aliphatic heterocycles. The van der Waals surface area contributed by atoms with Crippen LogP contribution in [0.1, 0.15) is 26.7 Å². The molecular formula is C13H22N2O3S. The third-order valence-corrected chi connectivity index (χ3v) is 4.24. The number of rotatable bonds is 8. The van der Waals surface area contributed by atoms with E-state index in [0.717, 1.165) is 6.42 Å². The van der Waals surface area contributed by atoms with Crippen LogP contribution in [0.15, 0.2) is 29.2 Å². The van der Waals surface area contributed by atoms with E-state index in [0.29, 0.717) is 18.8 Å². The maximum absolute atomic E-state index is 12.1. The van der Waals surface area contributed by atoms with E-state index in [4.69, 9.17) is 10.5 Å². The summed E-state index contributed by atoms with van der Waals surface area (Å²) in [5.41, 5.74) is 5.50. The van der Waals surface area contributed by atoms with E-state index in [1.807, 2.05) is 13.8 Å². The first-order chi connectivity index (χ1) is 9.03. The fourth-order valence-electron chi connectivity index (χ4n) is 1.52. The number of hydrogen-bond acceptors (Lipinski definition) is 4. The molecule has 0 saturated heterocycles. The van der Waals surface area contributed by atoms with Gasteiger partial charge < -0.3 is 10.5 Å². The van der Waals surface area contributed by atoms with Crippen molar-refractivity contribution in [2.24, 2.45) is 5.73 Å². The van der Waals surface area contributed by atoms with Crippen LogP contribution < -0.4 is 15.2 Å². The van der Waals surface area contributed by atoms with Crippen LogP contribution in [0.2, 0.25) is 0 Å². The van der Waals surface area contributed by atoms with Crippen LogP contribution in [-0.4, -0.2) is 27.6 Å². The summed E-state index contributed by atoms with van der Waals surface area (Å²) in [5, 5.41) is 0. The molecule has 0 amide bonds. The van der Waals surface area contributed by atoms with Crippen molar-refractivity contribution in [1.82, 2.24) is 4.72 Å². The van der Waals surface area contributed by atoms with E-state index >= 15 is 0 Å². The Bertz CT molecular complexity index is 467. The van der Waals surface area contributed by atoms with Crippen molar-refractivity contribution in [2.45, 2.75) is 37.6 Å². The first kappa shape index (κ1) is 15.9. The second kappa shape index (κ2) is 7.47. The summed E-state index contributed by atoms with van der Waals surface area (Å²) in [6, 6.07) is 6.16. The Balaban J connectivity index is 2.78. The highest BCUT2D eigenvalue weighted by Crippen LogP contribution is 2.16. The Morgan fingerprint density at radius 1 is 1.26 bits per heavy atom. The van der Waals surface area contributed by atoms with Crippen LogP contribution in [0, 0.1) is 0 Å². The van der Waals surface area contributed by atoms with Crippen LogP contribution in [0.5, 0.6) is 5.75 Å². The average Bonchev–Trinajstić information content (AvgIpc) is 2.43. The molecule has 1 rings (SSSR count). The zero-order valence-corrected chi connectivity index (χ0v) is 12.2. The predicted octanol–water partition coefficient (Wildman–Crippen LogP) is 1.49. The Morgan fingerprint density at radius 3 is 2.37 bits per heavy atom. The third-order valence-electron chi connectivity index (χ3n) is 2.71. The van der Waals surface area contributed by atoms with E-state index in [-0.39, 0.29) is 17.5 Å². The molecule has 1 atom stereocenters. The van der Waals surface area contributed by atoms with E-state index in [1.165, 1.54) is 12.1 Å². The molecule has 0 radical (unpaired) electrons. The maximum atomic E-state index is 12.1. The number of benzene rings is 1. The lowest BCUT2D eigenvalue weighted by Gasteiger charge is -2.15. The Hall–Kier alpha value is -1.11. The van der Waals surface area contributed by atoms with Crippen molar-refractivity contribution in [2.75, 3.05) is 13.2 Å². The van der Waals surface area contributed by atoms with E-state index in [1.54, 1.807) is 12.1 Å². The van der Waals surface area contributed by atoms with Gasteiger partial charge in [-0.1, -0.05) is 13.8 Å². The van der Waals surface area contributed by atoms with Gasteiger partial charge in [-0.3, -0.25) is 0 Å². The molecule has 1 aromatic rings. The summed E-state index contributed by atoms with van der Waals surface area (Å²) in [6.45, 7) is 4.81. The second-order valence-corrected chi connectivity index (χ2v) is 6.00. The SMILES string of the molecule is CCCOc1ccc(S(=O)(=O)NC(CC)CN)cc1. The summed E-state index contributed by atoms with van der Waals surface area (Å²) < 4.78 is 32.1. The standard InChI is InChI=1S/C13H22N2O3S/c1-3-9-18-12-5-7-13(8-6-12)19(16,17)15-11(4-2)10-14/h5-8,11,15H,3-4,9-10,14H2,1-2H3. The smallest absolute Gasteiger partial charge is 0.240 e. The van der Waals surface area contributed by atoms with Gasteiger partial charge in [-0.25, -0.2) is 13.1 Å². The number of nitrogens with two attached hydrogens (primary N) is 1. The molecule has 0 bridgehead atoms. The normalized spacial score (nSPS) is 13.2. The first-order valence-electron chi connectivity index (χ1n) is 6.48. The van der Waals surface area contributed by atoms with Crippen molar-refractivity contribution >= 4 is 10.0 Å². The van der Waals surface area contributed by atoms with Crippen LogP contribution >= 0.6 is 0 Å². The first-order valence-corrected chi connectivity index (χ1v) is 7.97. The molecule has 0 aliphatic rings. The fourth-order valence-corrected chi connectivity index (χ4v) is 2.85. The van der Waals surface area contributed by atoms with E-state index in [2.05, 4.69) is 4.72 Å². The van der Waals surface area contributed by atoms with Gasteiger partial charge in [-0.15, -0.1) is 0 Å². The summed E-state index contributed by atoms with van der Waals surface area (Å²) in [4.78, 5) is 0.225. The minimum Gasteiger partial charge on any atom is -0.494 e. The van der Waals surface area contributed by atoms with Crippen molar-refractivity contribution in [1.29, 1.82) is 0 Å². The van der Waals surface area contributed by atoms with Gasteiger partial charge in [0.25, 0.3) is 0 Å². The number of ether oxygens (including phenoxy) is 1. The minimum absolute atomic E-state index is 0.225. The molecule has 108 valence electrons. The van der Waals surface area contributed by atoms with Crippen LogP contribution in [0.3, 0.4) is 0 Å². The Kier molecular flexibility index (Phi) is 6.27. The average molecular weight is 286 g/mol. The lowest BCUT2D eigenvalue weighted by molar-refractivity contribution is 0.317. The molecule has 0 fully saturated rings. The fraction of sp³-hybridized carbons (Fsp3) is 0.538. The summed E-state index contributed by atoms with van der Waals surface area (Å²) in [7, 11) is -3.51. The Labute approximate surface area is 115 Å². The highest BCUT2D eigenvalue weighted by molar-refractivity contribution is 7.89. The molecule has 1 unspecified atom stereocenters. The zero-order valence-electron chi connectivity index (χ0n) is 11.4. The highest BCUT2D eigenvalue weighted by Gasteiger charge is 2.17. The van der Waals surface area contributed by atoms with Gasteiger partial charge in [0, 0.05) is 12.6 Å². The molecule has 0 saturated carbocycles. The highest BCUT2D eigenvalue weighted by atomic mass is 32.2. The number of hydrogen-bond donors (Lipinski definition) is 2. The third kappa shape index (κ3) is 4.81. The predicted molar refractivity (Wildman–Crippen MR) is 75.7 cm³/mol. The van der Waals surface area contributed by atoms with Crippen molar-refractivity contribution in [3.05, 3.63) is 24.3 Å². The van der Waals surface area contributed by atoms with Gasteiger partial charge in [-0.05, 0) is 37.1 Å². The zero-order chi connectivity index (χ0) is 14.3. The monoisotopic (exact) mass is 286 g/mol. The van der Waals surface area contributed by atoms with Gasteiger partial charge in [0.2, 0.25) is 10.0 Å². The van der Waals surface area contributed by atoms with Crippen LogP contribution in [0.25, 0.3) is 0 Å². The van der Waals surface area contributed by atoms with Gasteiger partial charge in [0.05, 0.1) is 11.5 Å². The van der Waals surface area contributed by atoms with Crippen molar-refractivity contribution in [3.63, 3.8) is 0 Å². The van der Waals surface area contributed by atoms with Crippen molar-refractivity contribution in [3.8, 4) is 5.75 Å². The van der Waals surface area contributed by atoms with Crippen molar-refractivity contribution < 1.29 is 13.2 Å². The van der Waals surface area contributed by atoms with E-state index < -0.39 is 10.0 Å². The second-order valence-electron chi connectivity index (χ2n) is 4.28. The quantitative estimate of drug-likeness (QED) is 0.758. The molecule has 0 aliphatic carbocycles. The number of nitrogens with one attached hydrogen (secondary N) is 1. The van der Waals surface area contributed by atoms with Gasteiger partial charge >= 0.3 is 0 Å². The Morgan fingerprint density at radius 2 is 1.89 bits per heavy atom. The molecule has 0 spiro atoms. The lowest BCUT2D eigenvalue weighted by Crippen LogP contribution is -2.39. The lowest BCUT2D eigenvalue weighted by atomic mass is 10.2. The summed E-state index contributed by atoms with van der Waals surface area (Å²) >= 11 is 0. The van der Waals surface area contributed by atoms with Crippen LogP contribution in [0.4, 0.5) is 0 Å². The molecule has 0 aromatic heterocycles. The summed E-state index contributed by atoms with van der Waals surface area (Å²) in [5.74, 6) is 0.673. The van der Waals surface area contributed by atoms with Gasteiger partial charge in [0.15, 0.2) is 0 Å². The van der Waals surface area contributed by atoms with E-state index in [9.17, 15) is 8.42 Å². The van der Waals surface area contributed by atoms with Gasteiger partial charge in [-0.2, -0.15) is 0 Å². The molecule has 3 N–H and O–H groups in total. The van der Waals surface area contributed by atoms with Gasteiger partial charge in [0.1, 0.15) is 5.75 Å². The largest absolute Gasteiger partial charge is 0.494 e. The summed E-state index contributed by atoms with van der Waals surface area (Å²) in [6.07, 6.45) is 1.57. The molecule has 5 nitrogen and oxygen atoms in total. The molecule has 6 heteroatoms. The topological polar surface area (TPSA) is 81.4 Å². The maximum Gasteiger partial charge on any atom is 0.240 e.